The van der Waals surface area contributed by atoms with E-state index in [-0.39, 0.29) is 25.7 Å². The zero-order chi connectivity index (χ0) is 76.0. The Hall–Kier alpha value is -5.58. The van der Waals surface area contributed by atoms with E-state index < -0.39 is 97.5 Å². The average Bonchev–Trinajstić information content (AvgIpc) is 0.913. The van der Waals surface area contributed by atoms with Crippen LogP contribution in [0.3, 0.4) is 0 Å². The molecule has 0 aromatic heterocycles. The smallest absolute Gasteiger partial charge is 0.462 e. The molecule has 0 radical (unpaired) electrons. The molecule has 3 N–H and O–H groups in total. The van der Waals surface area contributed by atoms with Crippen LogP contribution in [0.5, 0.6) is 0 Å². The van der Waals surface area contributed by atoms with Crippen LogP contribution < -0.4 is 0 Å². The molecule has 0 rings (SSSR count). The zero-order valence-corrected chi connectivity index (χ0v) is 66.2. The van der Waals surface area contributed by atoms with E-state index in [2.05, 4.69) is 198 Å². The molecule has 0 aliphatic carbocycles. The number of hydrogen-bond acceptors (Lipinski definition) is 15. The molecule has 0 amide bonds. The van der Waals surface area contributed by atoms with Gasteiger partial charge in [0.15, 0.2) is 12.2 Å². The molecule has 17 nitrogen and oxygen atoms in total. The topological polar surface area (TPSA) is 237 Å². The van der Waals surface area contributed by atoms with Gasteiger partial charge in [-0.05, 0) is 167 Å². The van der Waals surface area contributed by atoms with Crippen LogP contribution in [0.4, 0.5) is 0 Å². The number of phosphoric ester groups is 2. The van der Waals surface area contributed by atoms with E-state index in [1.54, 1.807) is 0 Å². The molecule has 0 aliphatic heterocycles. The highest BCUT2D eigenvalue weighted by atomic mass is 31.2. The van der Waals surface area contributed by atoms with Gasteiger partial charge in [-0.15, -0.1) is 0 Å². The molecule has 0 saturated carbocycles. The van der Waals surface area contributed by atoms with E-state index in [0.29, 0.717) is 25.7 Å². The molecule has 19 heteroatoms. The minimum atomic E-state index is -5.00. The third-order valence-corrected chi connectivity index (χ3v) is 17.5. The summed E-state index contributed by atoms with van der Waals surface area (Å²) in [5.74, 6) is -2.29. The SMILES string of the molecule is CC/C=C\C/C=C\C/C=C\C/C=C\C/C=C\CCCCCC(=O)OCC(COP(=O)(O)OCC(O)COP(=O)(O)OCC(COC(=O)CCCCC/C=C\C/C=C\C/C=C\C/C=C\C/C=C\CC)OC(=O)CCCCCCC/C=C\C/C=C\CCC)OC(=O)CCCCCCC/C=C\C/C=C\CCC. The lowest BCUT2D eigenvalue weighted by atomic mass is 10.1. The highest BCUT2D eigenvalue weighted by molar-refractivity contribution is 7.47. The number of esters is 4. The minimum Gasteiger partial charge on any atom is -0.462 e. The first-order chi connectivity index (χ1) is 50.7. The number of phosphoric acid groups is 2. The summed E-state index contributed by atoms with van der Waals surface area (Å²) in [6.07, 6.45) is 89.1. The Balaban J connectivity index is 5.42. The third-order valence-electron chi connectivity index (χ3n) is 15.6. The van der Waals surface area contributed by atoms with Gasteiger partial charge >= 0.3 is 39.5 Å². The Morgan fingerprint density at radius 1 is 0.279 bits per heavy atom. The van der Waals surface area contributed by atoms with Crippen LogP contribution in [0.25, 0.3) is 0 Å². The van der Waals surface area contributed by atoms with Crippen LogP contribution in [0.1, 0.15) is 285 Å². The number of ether oxygens (including phenoxy) is 4. The first-order valence-corrected chi connectivity index (χ1v) is 42.4. The van der Waals surface area contributed by atoms with E-state index in [9.17, 15) is 43.2 Å². The highest BCUT2D eigenvalue weighted by Gasteiger charge is 2.30. The fraction of sp³-hybridized carbons (Fsp3) is 0.624. The predicted molar refractivity (Wildman–Crippen MR) is 426 cm³/mol. The molecule has 0 aromatic carbocycles. The van der Waals surface area contributed by atoms with Crippen LogP contribution in [-0.2, 0) is 65.4 Å². The molecule has 0 fully saturated rings. The lowest BCUT2D eigenvalue weighted by molar-refractivity contribution is -0.161. The van der Waals surface area contributed by atoms with Crippen molar-refractivity contribution in [1.29, 1.82) is 0 Å². The van der Waals surface area contributed by atoms with Crippen molar-refractivity contribution < 1.29 is 80.2 Å². The number of aliphatic hydroxyl groups excluding tert-OH is 1. The van der Waals surface area contributed by atoms with Gasteiger partial charge in [-0.3, -0.25) is 37.3 Å². The summed E-state index contributed by atoms with van der Waals surface area (Å²) in [4.78, 5) is 73.0. The molecule has 0 heterocycles. The van der Waals surface area contributed by atoms with Gasteiger partial charge in [0.05, 0.1) is 26.4 Å². The van der Waals surface area contributed by atoms with Gasteiger partial charge in [0.2, 0.25) is 0 Å². The molecule has 0 spiro atoms. The molecule has 590 valence electrons. The maximum absolute atomic E-state index is 13.1. The van der Waals surface area contributed by atoms with Gasteiger partial charge in [-0.25, -0.2) is 9.13 Å². The lowest BCUT2D eigenvalue weighted by Gasteiger charge is -2.21. The van der Waals surface area contributed by atoms with Gasteiger partial charge in [-0.2, -0.15) is 0 Å². The van der Waals surface area contributed by atoms with Gasteiger partial charge in [0.1, 0.15) is 19.3 Å². The van der Waals surface area contributed by atoms with E-state index in [1.807, 2.05) is 0 Å². The fourth-order valence-corrected chi connectivity index (χ4v) is 11.3. The van der Waals surface area contributed by atoms with Crippen LogP contribution in [0.15, 0.2) is 170 Å². The second kappa shape index (κ2) is 75.6. The first-order valence-electron chi connectivity index (χ1n) is 39.4. The van der Waals surface area contributed by atoms with Gasteiger partial charge in [-0.1, -0.05) is 262 Å². The molecule has 104 heavy (non-hydrogen) atoms. The van der Waals surface area contributed by atoms with Gasteiger partial charge < -0.3 is 33.8 Å². The zero-order valence-electron chi connectivity index (χ0n) is 64.4. The van der Waals surface area contributed by atoms with Crippen molar-refractivity contribution in [1.82, 2.24) is 0 Å². The number of rotatable bonds is 72. The summed E-state index contributed by atoms with van der Waals surface area (Å²) in [6, 6.07) is 0. The van der Waals surface area contributed by atoms with Crippen molar-refractivity contribution in [2.75, 3.05) is 39.6 Å². The Morgan fingerprint density at radius 2 is 0.500 bits per heavy atom. The van der Waals surface area contributed by atoms with Gasteiger partial charge in [0, 0.05) is 25.7 Å². The fourth-order valence-electron chi connectivity index (χ4n) is 9.70. The van der Waals surface area contributed by atoms with Crippen LogP contribution >= 0.6 is 15.6 Å². The maximum atomic E-state index is 13.1. The summed E-state index contributed by atoms with van der Waals surface area (Å²) in [7, 11) is -10.00. The van der Waals surface area contributed by atoms with E-state index in [0.717, 1.165) is 205 Å². The number of unbranched alkanes of at least 4 members (excludes halogenated alkanes) is 18. The molecule has 0 aromatic rings. The summed E-state index contributed by atoms with van der Waals surface area (Å²) in [6.45, 7) is 4.39. The van der Waals surface area contributed by atoms with Crippen LogP contribution in [-0.4, -0.2) is 96.7 Å². The summed E-state index contributed by atoms with van der Waals surface area (Å²) in [5.41, 5.74) is 0. The Kier molecular flexibility index (Phi) is 71.6. The molecule has 4 unspecified atom stereocenters. The molecule has 4 atom stereocenters. The van der Waals surface area contributed by atoms with Crippen molar-refractivity contribution in [3.8, 4) is 0 Å². The molecule has 0 saturated heterocycles. The number of aliphatic hydroxyl groups is 1. The highest BCUT2D eigenvalue weighted by Crippen LogP contribution is 2.45. The van der Waals surface area contributed by atoms with Crippen LogP contribution in [0, 0.1) is 0 Å². The largest absolute Gasteiger partial charge is 0.472 e. The number of allylic oxidation sites excluding steroid dienone is 28. The van der Waals surface area contributed by atoms with Crippen molar-refractivity contribution in [3.63, 3.8) is 0 Å². The Labute approximate surface area is 629 Å². The molecular weight excluding hydrogens is 1350 g/mol. The predicted octanol–water partition coefficient (Wildman–Crippen LogP) is 23.0. The van der Waals surface area contributed by atoms with Crippen molar-refractivity contribution in [2.24, 2.45) is 0 Å². The molecule has 0 bridgehead atoms. The van der Waals surface area contributed by atoms with E-state index in [4.69, 9.17) is 37.0 Å². The lowest BCUT2D eigenvalue weighted by Crippen LogP contribution is -2.30. The Morgan fingerprint density at radius 3 is 0.779 bits per heavy atom. The normalized spacial score (nSPS) is 14.8. The standard InChI is InChI=1S/C85H138O17P2/c1-5-9-13-17-21-25-29-33-35-37-39-41-43-47-49-53-57-61-65-69-82(87)95-75-80(101-84(89)71-67-63-59-55-51-45-31-27-23-19-15-11-7-3)77-99-103(91,92)97-73-79(86)74-98-104(93,94)100-78-81(102-85(90)72-68-64-60-56-52-46-32-28-24-20-16-12-8-4)76-96-83(88)70-66-62-58-54-50-48-44-42-40-38-36-34-30-26-22-18-14-10-6-2/h9-10,13-16,19-22,25-28,31-36,39-42,47-50,79-81,86H,5-8,11-12,17-18,23-24,29-30,37-38,43-46,51-78H2,1-4H3,(H,91,92)(H,93,94)/b13-9-,14-10-,19-15-,20-16-,25-21-,26-22-,31-27-,32-28-,35-33-,36-34-,41-39-,42-40-,49-47-,50-48-. The number of carbonyl (C=O) groups excluding carboxylic acids is 4. The second-order valence-electron chi connectivity index (χ2n) is 25.5. The van der Waals surface area contributed by atoms with E-state index >= 15 is 0 Å². The monoisotopic (exact) mass is 1490 g/mol. The molecular formula is C85H138O17P2. The summed E-state index contributed by atoms with van der Waals surface area (Å²) >= 11 is 0. The third kappa shape index (κ3) is 74.7. The quantitative estimate of drug-likeness (QED) is 0.0169. The van der Waals surface area contributed by atoms with Crippen molar-refractivity contribution >= 4 is 39.5 Å². The minimum absolute atomic E-state index is 0.0642. The maximum Gasteiger partial charge on any atom is 0.472 e. The average molecular weight is 1490 g/mol. The van der Waals surface area contributed by atoms with Crippen LogP contribution in [0.2, 0.25) is 0 Å². The van der Waals surface area contributed by atoms with Crippen molar-refractivity contribution in [2.45, 2.75) is 303 Å². The Bertz CT molecular complexity index is 2460. The second-order valence-corrected chi connectivity index (χ2v) is 28.4. The summed E-state index contributed by atoms with van der Waals surface area (Å²) < 4.78 is 68.5. The first kappa shape index (κ1) is 98.4. The van der Waals surface area contributed by atoms with Crippen molar-refractivity contribution in [3.05, 3.63) is 170 Å². The summed E-state index contributed by atoms with van der Waals surface area (Å²) in [5, 5.41) is 10.6. The van der Waals surface area contributed by atoms with Gasteiger partial charge in [0.25, 0.3) is 0 Å². The van der Waals surface area contributed by atoms with E-state index in [1.165, 1.54) is 0 Å². The number of hydrogen-bond donors (Lipinski definition) is 3. The molecule has 0 aliphatic rings. The number of carbonyl (C=O) groups is 4.